The van der Waals surface area contributed by atoms with E-state index in [-0.39, 0.29) is 35.8 Å². The molecule has 4 aromatic rings. The fourth-order valence-electron chi connectivity index (χ4n) is 8.40. The molecule has 4 rings (SSSR count). The van der Waals surface area contributed by atoms with Gasteiger partial charge in [0.15, 0.2) is 0 Å². The Morgan fingerprint density at radius 3 is 0.764 bits per heavy atom. The predicted molar refractivity (Wildman–Crippen MR) is 288 cm³/mol. The summed E-state index contributed by atoms with van der Waals surface area (Å²) < 4.78 is 33.5. The van der Waals surface area contributed by atoms with Crippen LogP contribution in [0.5, 0.6) is 34.5 Å². The van der Waals surface area contributed by atoms with E-state index in [1.807, 2.05) is 0 Å². The topological polar surface area (TPSA) is 124 Å². The van der Waals surface area contributed by atoms with Gasteiger partial charge in [0.05, 0.1) is 37.2 Å². The maximum atomic E-state index is 12.8. The average molecular weight is 991 g/mol. The second kappa shape index (κ2) is 38.0. The molecule has 0 aromatic heterocycles. The number of unbranched alkanes of at least 4 members (excludes halogenated alkanes) is 26. The molecule has 0 bridgehead atoms. The summed E-state index contributed by atoms with van der Waals surface area (Å²) in [6.07, 6.45) is 36.3. The molecule has 0 atom stereocenters. The third kappa shape index (κ3) is 27.3. The van der Waals surface area contributed by atoms with Crippen molar-refractivity contribution in [2.45, 2.75) is 206 Å². The quantitative estimate of drug-likeness (QED) is 0.0241. The van der Waals surface area contributed by atoms with Crippen LogP contribution in [0.15, 0.2) is 97.1 Å². The van der Waals surface area contributed by atoms with Crippen LogP contribution < -0.4 is 28.4 Å². The van der Waals surface area contributed by atoms with Gasteiger partial charge in [-0.15, -0.1) is 0 Å². The molecule has 0 aliphatic heterocycles. The number of hydrogen-bond acceptors (Lipinski definition) is 10. The molecular formula is C62H86O10. The lowest BCUT2D eigenvalue weighted by Gasteiger charge is -2.09. The van der Waals surface area contributed by atoms with E-state index in [0.29, 0.717) is 35.8 Å². The maximum Gasteiger partial charge on any atom is 0.343 e. The molecular weight excluding hydrogens is 905 g/mol. The number of hydrogen-bond donors (Lipinski definition) is 0. The van der Waals surface area contributed by atoms with Crippen molar-refractivity contribution in [1.82, 2.24) is 0 Å². The van der Waals surface area contributed by atoms with Crippen LogP contribution in [0.25, 0.3) is 0 Å². The van der Waals surface area contributed by atoms with Crippen LogP contribution in [0.2, 0.25) is 0 Å². The lowest BCUT2D eigenvalue weighted by Crippen LogP contribution is -2.14. The lowest BCUT2D eigenvalue weighted by molar-refractivity contribution is -0.140. The third-order valence-corrected chi connectivity index (χ3v) is 12.8. The summed E-state index contributed by atoms with van der Waals surface area (Å²) in [4.78, 5) is 50.5. The van der Waals surface area contributed by atoms with E-state index < -0.39 is 23.9 Å². The fraction of sp³-hybridized carbons (Fsp3) is 0.548. The zero-order valence-electron chi connectivity index (χ0n) is 43.9. The van der Waals surface area contributed by atoms with Crippen molar-refractivity contribution >= 4 is 23.9 Å². The molecule has 10 heteroatoms. The number of rotatable bonds is 41. The van der Waals surface area contributed by atoms with E-state index in [0.717, 1.165) is 25.7 Å². The SMILES string of the molecule is CCCCCCCCCCCCCCCCOc1ccc(C(=O)Oc2ccc(OC(=O)CCC(=O)Oc3ccc(OC(=O)c4ccc(OCCCCCCCCCCCCCCCC)cc4)cc3)cc2)cc1. The molecule has 0 fully saturated rings. The van der Waals surface area contributed by atoms with Gasteiger partial charge in [-0.25, -0.2) is 9.59 Å². The summed E-state index contributed by atoms with van der Waals surface area (Å²) in [7, 11) is 0. The average Bonchev–Trinajstić information content (AvgIpc) is 3.39. The Morgan fingerprint density at radius 2 is 0.500 bits per heavy atom. The van der Waals surface area contributed by atoms with E-state index in [4.69, 9.17) is 28.4 Å². The van der Waals surface area contributed by atoms with Gasteiger partial charge in [0.1, 0.15) is 34.5 Å². The van der Waals surface area contributed by atoms with Gasteiger partial charge in [-0.2, -0.15) is 0 Å². The molecule has 394 valence electrons. The Bertz CT molecular complexity index is 1890. The van der Waals surface area contributed by atoms with Gasteiger partial charge in [-0.05, 0) is 110 Å². The minimum absolute atomic E-state index is 0.215. The van der Waals surface area contributed by atoms with E-state index in [2.05, 4.69) is 13.8 Å². The number of esters is 4. The summed E-state index contributed by atoms with van der Waals surface area (Å²) >= 11 is 0. The molecule has 72 heavy (non-hydrogen) atoms. The van der Waals surface area contributed by atoms with E-state index in [1.165, 1.54) is 203 Å². The van der Waals surface area contributed by atoms with Gasteiger partial charge < -0.3 is 28.4 Å². The Morgan fingerprint density at radius 1 is 0.278 bits per heavy atom. The van der Waals surface area contributed by atoms with Crippen molar-refractivity contribution < 1.29 is 47.6 Å². The van der Waals surface area contributed by atoms with Crippen LogP contribution in [-0.4, -0.2) is 37.1 Å². The van der Waals surface area contributed by atoms with Crippen LogP contribution in [0.1, 0.15) is 227 Å². The molecule has 0 aliphatic rings. The molecule has 10 nitrogen and oxygen atoms in total. The van der Waals surface area contributed by atoms with Crippen molar-refractivity contribution in [3.63, 3.8) is 0 Å². The standard InChI is InChI=1S/C62H86O10/c1-3-5-7-9-11-13-15-17-19-21-23-25-27-29-49-67-53-35-31-51(32-36-53)61(65)71-57-43-39-55(40-44-57)69-59(63)47-48-60(64)70-56-41-45-58(46-42-56)72-62(66)52-33-37-54(38-34-52)68-50-30-28-26-24-22-20-18-16-14-12-10-8-6-4-2/h31-46H,3-30,47-50H2,1-2H3. The summed E-state index contributed by atoms with van der Waals surface area (Å²) in [6, 6.07) is 25.9. The molecule has 0 amide bonds. The molecule has 0 saturated heterocycles. The van der Waals surface area contributed by atoms with Crippen molar-refractivity contribution in [3.8, 4) is 34.5 Å². The van der Waals surface area contributed by atoms with Crippen molar-refractivity contribution in [3.05, 3.63) is 108 Å². The first kappa shape index (κ1) is 58.9. The first-order valence-corrected chi connectivity index (χ1v) is 27.8. The number of carbonyl (C=O) groups is 4. The monoisotopic (exact) mass is 991 g/mol. The predicted octanol–water partition coefficient (Wildman–Crippen LogP) is 17.1. The molecule has 0 heterocycles. The Labute approximate surface area is 432 Å². The molecule has 0 unspecified atom stereocenters. The normalized spacial score (nSPS) is 11.0. The largest absolute Gasteiger partial charge is 0.494 e. The van der Waals surface area contributed by atoms with E-state index in [1.54, 1.807) is 48.5 Å². The Kier molecular flexibility index (Phi) is 31.1. The number of benzene rings is 4. The Balaban J connectivity index is 1.00. The van der Waals surface area contributed by atoms with E-state index >= 15 is 0 Å². The summed E-state index contributed by atoms with van der Waals surface area (Å²) in [5, 5.41) is 0. The zero-order valence-corrected chi connectivity index (χ0v) is 43.9. The highest BCUT2D eigenvalue weighted by Gasteiger charge is 2.14. The highest BCUT2D eigenvalue weighted by Crippen LogP contribution is 2.24. The molecule has 4 aromatic carbocycles. The summed E-state index contributed by atoms with van der Waals surface area (Å²) in [5.74, 6) is 0.154. The van der Waals surface area contributed by atoms with Gasteiger partial charge in [0.25, 0.3) is 0 Å². The van der Waals surface area contributed by atoms with Crippen LogP contribution in [0.3, 0.4) is 0 Å². The minimum atomic E-state index is -0.629. The zero-order chi connectivity index (χ0) is 51.1. The second-order valence-corrected chi connectivity index (χ2v) is 19.1. The van der Waals surface area contributed by atoms with Crippen LogP contribution in [-0.2, 0) is 9.59 Å². The van der Waals surface area contributed by atoms with Gasteiger partial charge >= 0.3 is 23.9 Å². The maximum absolute atomic E-state index is 12.8. The van der Waals surface area contributed by atoms with Gasteiger partial charge in [-0.3, -0.25) is 9.59 Å². The van der Waals surface area contributed by atoms with Crippen LogP contribution >= 0.6 is 0 Å². The third-order valence-electron chi connectivity index (χ3n) is 12.8. The highest BCUT2D eigenvalue weighted by molar-refractivity contribution is 5.91. The number of carbonyl (C=O) groups excluding carboxylic acids is 4. The van der Waals surface area contributed by atoms with Gasteiger partial charge in [0.2, 0.25) is 0 Å². The molecule has 0 saturated carbocycles. The highest BCUT2D eigenvalue weighted by atomic mass is 16.6. The fourth-order valence-corrected chi connectivity index (χ4v) is 8.40. The molecule has 0 spiro atoms. The first-order valence-electron chi connectivity index (χ1n) is 27.8. The van der Waals surface area contributed by atoms with E-state index in [9.17, 15) is 19.2 Å². The van der Waals surface area contributed by atoms with Crippen LogP contribution in [0, 0.1) is 0 Å². The smallest absolute Gasteiger partial charge is 0.343 e. The molecule has 0 N–H and O–H groups in total. The molecule has 0 aliphatic carbocycles. The summed E-state index contributed by atoms with van der Waals surface area (Å²) in [6.45, 7) is 5.82. The van der Waals surface area contributed by atoms with Gasteiger partial charge in [0, 0.05) is 0 Å². The summed E-state index contributed by atoms with van der Waals surface area (Å²) in [5.41, 5.74) is 0.766. The number of ether oxygens (including phenoxy) is 6. The van der Waals surface area contributed by atoms with Crippen LogP contribution in [0.4, 0.5) is 0 Å². The second-order valence-electron chi connectivity index (χ2n) is 19.1. The Hall–Kier alpha value is -5.64. The first-order chi connectivity index (χ1) is 35.3. The minimum Gasteiger partial charge on any atom is -0.494 e. The van der Waals surface area contributed by atoms with Crippen molar-refractivity contribution in [1.29, 1.82) is 0 Å². The van der Waals surface area contributed by atoms with Crippen molar-refractivity contribution in [2.24, 2.45) is 0 Å². The van der Waals surface area contributed by atoms with Gasteiger partial charge in [-0.1, -0.05) is 181 Å². The lowest BCUT2D eigenvalue weighted by atomic mass is 10.0. The molecule has 0 radical (unpaired) electrons. The van der Waals surface area contributed by atoms with Crippen molar-refractivity contribution in [2.75, 3.05) is 13.2 Å².